The molecular formula is C20H31NO2. The van der Waals surface area contributed by atoms with Crippen LogP contribution in [0.4, 0.5) is 0 Å². The molecule has 0 saturated carbocycles. The van der Waals surface area contributed by atoms with Gasteiger partial charge in [0.2, 0.25) is 0 Å². The molecule has 0 saturated heterocycles. The van der Waals surface area contributed by atoms with Gasteiger partial charge in [-0.3, -0.25) is 9.59 Å². The van der Waals surface area contributed by atoms with Crippen LogP contribution < -0.4 is 5.32 Å². The van der Waals surface area contributed by atoms with E-state index >= 15 is 0 Å². The maximum Gasteiger partial charge on any atom is 0.164 e. The number of aryl methyl sites for hydroxylation is 1. The fourth-order valence-corrected chi connectivity index (χ4v) is 2.55. The van der Waals surface area contributed by atoms with E-state index in [-0.39, 0.29) is 17.6 Å². The second-order valence-corrected chi connectivity index (χ2v) is 6.16. The van der Waals surface area contributed by atoms with Crippen LogP contribution in [-0.4, -0.2) is 24.2 Å². The van der Waals surface area contributed by atoms with Crippen molar-refractivity contribution < 1.29 is 9.59 Å². The summed E-state index contributed by atoms with van der Waals surface area (Å²) >= 11 is 0. The molecule has 128 valence electrons. The minimum absolute atomic E-state index is 0.0727. The topological polar surface area (TPSA) is 46.2 Å². The van der Waals surface area contributed by atoms with Crippen LogP contribution in [0.2, 0.25) is 0 Å². The van der Waals surface area contributed by atoms with Crippen molar-refractivity contribution in [3.63, 3.8) is 0 Å². The first-order valence-electron chi connectivity index (χ1n) is 8.97. The molecule has 0 amide bonds. The van der Waals surface area contributed by atoms with E-state index in [0.29, 0.717) is 19.4 Å². The Kier molecular flexibility index (Phi) is 9.46. The van der Waals surface area contributed by atoms with E-state index in [1.807, 2.05) is 31.2 Å². The molecule has 0 aliphatic heterocycles. The van der Waals surface area contributed by atoms with Crippen LogP contribution >= 0.6 is 0 Å². The third kappa shape index (κ3) is 7.56. The summed E-state index contributed by atoms with van der Waals surface area (Å²) in [6.45, 7) is 6.66. The van der Waals surface area contributed by atoms with Gasteiger partial charge < -0.3 is 5.32 Å². The number of benzene rings is 1. The summed E-state index contributed by atoms with van der Waals surface area (Å²) in [4.78, 5) is 24.2. The van der Waals surface area contributed by atoms with E-state index in [2.05, 4.69) is 19.2 Å². The fraction of sp³-hybridized carbons (Fsp3) is 0.600. The van der Waals surface area contributed by atoms with Crippen molar-refractivity contribution in [2.45, 2.75) is 71.8 Å². The first-order chi connectivity index (χ1) is 11.1. The summed E-state index contributed by atoms with van der Waals surface area (Å²) in [5.41, 5.74) is 2.00. The number of carbonyl (C=O) groups is 2. The predicted molar refractivity (Wildman–Crippen MR) is 96.0 cm³/mol. The molecule has 0 bridgehead atoms. The van der Waals surface area contributed by atoms with Gasteiger partial charge in [0.1, 0.15) is 5.78 Å². The Morgan fingerprint density at radius 2 is 1.74 bits per heavy atom. The van der Waals surface area contributed by atoms with Crippen molar-refractivity contribution >= 4 is 11.6 Å². The van der Waals surface area contributed by atoms with E-state index in [1.165, 1.54) is 5.56 Å². The van der Waals surface area contributed by atoms with E-state index in [4.69, 9.17) is 0 Å². The largest absolute Gasteiger partial charge is 0.307 e. The van der Waals surface area contributed by atoms with Gasteiger partial charge in [-0.25, -0.2) is 0 Å². The number of carbonyl (C=O) groups excluding carboxylic acids is 2. The molecule has 23 heavy (non-hydrogen) atoms. The lowest BCUT2D eigenvalue weighted by Crippen LogP contribution is -2.35. The molecule has 0 aliphatic carbocycles. The van der Waals surface area contributed by atoms with Gasteiger partial charge in [0, 0.05) is 24.4 Å². The molecule has 1 atom stereocenters. The highest BCUT2D eigenvalue weighted by atomic mass is 16.1. The Morgan fingerprint density at radius 1 is 1.04 bits per heavy atom. The molecular weight excluding hydrogens is 286 g/mol. The lowest BCUT2D eigenvalue weighted by Gasteiger charge is -2.16. The van der Waals surface area contributed by atoms with Gasteiger partial charge in [0.25, 0.3) is 0 Å². The first-order valence-corrected chi connectivity index (χ1v) is 8.97. The standard InChI is InChI=1S/C20H31NO2/c1-4-7-8-9-19(22)15-21-18(6-3)14-20(23)17-12-10-16(5-2)11-13-17/h10-13,18,21H,4-9,14-15H2,1-3H3. The zero-order chi connectivity index (χ0) is 17.1. The lowest BCUT2D eigenvalue weighted by molar-refractivity contribution is -0.118. The monoisotopic (exact) mass is 317 g/mol. The Morgan fingerprint density at radius 3 is 2.30 bits per heavy atom. The van der Waals surface area contributed by atoms with E-state index in [9.17, 15) is 9.59 Å². The molecule has 1 N–H and O–H groups in total. The Bertz CT molecular complexity index is 479. The third-order valence-electron chi connectivity index (χ3n) is 4.26. The van der Waals surface area contributed by atoms with Gasteiger partial charge in [-0.2, -0.15) is 0 Å². The molecule has 0 aromatic heterocycles. The molecule has 0 radical (unpaired) electrons. The van der Waals surface area contributed by atoms with Crippen molar-refractivity contribution in [3.8, 4) is 0 Å². The molecule has 0 heterocycles. The van der Waals surface area contributed by atoms with Crippen molar-refractivity contribution in [2.24, 2.45) is 0 Å². The molecule has 3 nitrogen and oxygen atoms in total. The number of unbranched alkanes of at least 4 members (excludes halogenated alkanes) is 2. The van der Waals surface area contributed by atoms with Crippen LogP contribution in [-0.2, 0) is 11.2 Å². The average molecular weight is 317 g/mol. The summed E-state index contributed by atoms with van der Waals surface area (Å²) in [7, 11) is 0. The molecule has 0 spiro atoms. The van der Waals surface area contributed by atoms with Gasteiger partial charge in [-0.15, -0.1) is 0 Å². The number of hydrogen-bond donors (Lipinski definition) is 1. The smallest absolute Gasteiger partial charge is 0.164 e. The van der Waals surface area contributed by atoms with E-state index in [0.717, 1.165) is 37.7 Å². The predicted octanol–water partition coefficient (Wildman–Crippen LogP) is 4.34. The molecule has 1 rings (SSSR count). The molecule has 3 heteroatoms. The first kappa shape index (κ1) is 19.6. The Balaban J connectivity index is 2.42. The van der Waals surface area contributed by atoms with Crippen LogP contribution in [0.15, 0.2) is 24.3 Å². The molecule has 0 aliphatic rings. The summed E-state index contributed by atoms with van der Waals surface area (Å²) < 4.78 is 0. The van der Waals surface area contributed by atoms with E-state index in [1.54, 1.807) is 0 Å². The van der Waals surface area contributed by atoms with Crippen LogP contribution in [0.1, 0.15) is 75.2 Å². The maximum atomic E-state index is 12.3. The van der Waals surface area contributed by atoms with Gasteiger partial charge in [-0.1, -0.05) is 57.9 Å². The van der Waals surface area contributed by atoms with Crippen LogP contribution in [0.3, 0.4) is 0 Å². The summed E-state index contributed by atoms with van der Waals surface area (Å²) in [5.74, 6) is 0.391. The SMILES string of the molecule is CCCCCC(=O)CNC(CC)CC(=O)c1ccc(CC)cc1. The second kappa shape index (κ2) is 11.1. The average Bonchev–Trinajstić information content (AvgIpc) is 2.58. The third-order valence-corrected chi connectivity index (χ3v) is 4.26. The minimum Gasteiger partial charge on any atom is -0.307 e. The number of nitrogens with one attached hydrogen (secondary N) is 1. The molecule has 1 unspecified atom stereocenters. The summed E-state index contributed by atoms with van der Waals surface area (Å²) in [6, 6.07) is 7.91. The quantitative estimate of drug-likeness (QED) is 0.461. The van der Waals surface area contributed by atoms with Crippen molar-refractivity contribution in [1.82, 2.24) is 5.32 Å². The molecule has 1 aromatic rings. The van der Waals surface area contributed by atoms with Crippen molar-refractivity contribution in [2.75, 3.05) is 6.54 Å². The Labute approximate surface area is 140 Å². The van der Waals surface area contributed by atoms with Crippen molar-refractivity contribution in [3.05, 3.63) is 35.4 Å². The Hall–Kier alpha value is -1.48. The maximum absolute atomic E-state index is 12.3. The summed E-state index contributed by atoms with van der Waals surface area (Å²) in [5, 5.41) is 3.25. The fourth-order valence-electron chi connectivity index (χ4n) is 2.55. The van der Waals surface area contributed by atoms with Gasteiger partial charge in [0.15, 0.2) is 5.78 Å². The highest BCUT2D eigenvalue weighted by molar-refractivity contribution is 5.96. The van der Waals surface area contributed by atoms with E-state index < -0.39 is 0 Å². The number of ketones is 2. The zero-order valence-corrected chi connectivity index (χ0v) is 14.9. The molecule has 0 fully saturated rings. The number of hydrogen-bond acceptors (Lipinski definition) is 3. The van der Waals surface area contributed by atoms with Crippen LogP contribution in [0.5, 0.6) is 0 Å². The van der Waals surface area contributed by atoms with Gasteiger partial charge >= 0.3 is 0 Å². The van der Waals surface area contributed by atoms with Crippen molar-refractivity contribution in [1.29, 1.82) is 0 Å². The second-order valence-electron chi connectivity index (χ2n) is 6.16. The highest BCUT2D eigenvalue weighted by Gasteiger charge is 2.14. The number of Topliss-reactive ketones (excluding diaryl/α,β-unsaturated/α-hetero) is 2. The minimum atomic E-state index is 0.0727. The van der Waals surface area contributed by atoms with Crippen LogP contribution in [0.25, 0.3) is 0 Å². The normalized spacial score (nSPS) is 12.1. The summed E-state index contributed by atoms with van der Waals surface area (Å²) in [6.07, 6.45) is 6.12. The molecule has 1 aromatic carbocycles. The van der Waals surface area contributed by atoms with Crippen LogP contribution in [0, 0.1) is 0 Å². The lowest BCUT2D eigenvalue weighted by atomic mass is 10.0. The number of rotatable bonds is 12. The zero-order valence-electron chi connectivity index (χ0n) is 14.9. The van der Waals surface area contributed by atoms with Gasteiger partial charge in [0.05, 0.1) is 6.54 Å². The highest BCUT2D eigenvalue weighted by Crippen LogP contribution is 2.10. The van der Waals surface area contributed by atoms with Gasteiger partial charge in [-0.05, 0) is 24.8 Å².